The van der Waals surface area contributed by atoms with Crippen molar-refractivity contribution >= 4 is 17.8 Å². The minimum Gasteiger partial charge on any atom is -0.427 e. The molecule has 0 spiro atoms. The van der Waals surface area contributed by atoms with Crippen LogP contribution >= 0.6 is 0 Å². The molecule has 2 rings (SSSR count). The normalized spacial score (nSPS) is 10.1. The van der Waals surface area contributed by atoms with E-state index in [1.165, 1.54) is 25.1 Å². The summed E-state index contributed by atoms with van der Waals surface area (Å²) in [6, 6.07) is 11.9. The van der Waals surface area contributed by atoms with Gasteiger partial charge in [-0.2, -0.15) is 0 Å². The van der Waals surface area contributed by atoms with Gasteiger partial charge >= 0.3 is 5.97 Å². The van der Waals surface area contributed by atoms with Gasteiger partial charge in [-0.15, -0.1) is 0 Å². The van der Waals surface area contributed by atoms with E-state index >= 15 is 0 Å². The van der Waals surface area contributed by atoms with Gasteiger partial charge < -0.3 is 15.4 Å². The zero-order valence-electron chi connectivity index (χ0n) is 14.3. The molecule has 0 aliphatic heterocycles. The van der Waals surface area contributed by atoms with E-state index in [-0.39, 0.29) is 42.9 Å². The van der Waals surface area contributed by atoms with Crippen molar-refractivity contribution in [1.82, 2.24) is 10.6 Å². The van der Waals surface area contributed by atoms with E-state index in [1.807, 2.05) is 0 Å². The van der Waals surface area contributed by atoms with E-state index in [4.69, 9.17) is 4.74 Å². The number of rotatable bonds is 7. The lowest BCUT2D eigenvalue weighted by molar-refractivity contribution is -0.131. The number of ether oxygens (including phenoxy) is 1. The standard InChI is InChI=1S/C19H19FN2O4/c1-13(23)26-17-4-2-3-15(12-17)19(25)22-10-9-21-18(24)11-14-5-7-16(20)8-6-14/h2-8,12H,9-11H2,1H3,(H,21,24)(H,22,25). The number of carbonyl (C=O) groups is 3. The smallest absolute Gasteiger partial charge is 0.308 e. The first-order valence-corrected chi connectivity index (χ1v) is 8.02. The number of esters is 1. The van der Waals surface area contributed by atoms with Crippen LogP contribution in [0.2, 0.25) is 0 Å². The molecule has 0 aliphatic rings. The minimum absolute atomic E-state index is 0.138. The van der Waals surface area contributed by atoms with Gasteiger partial charge in [0.1, 0.15) is 11.6 Å². The second-order valence-corrected chi connectivity index (χ2v) is 5.53. The number of hydrogen-bond donors (Lipinski definition) is 2. The number of carbonyl (C=O) groups excluding carboxylic acids is 3. The summed E-state index contributed by atoms with van der Waals surface area (Å²) in [5, 5.41) is 5.34. The summed E-state index contributed by atoms with van der Waals surface area (Å²) < 4.78 is 17.7. The number of halogens is 1. The molecule has 26 heavy (non-hydrogen) atoms. The molecule has 2 amide bonds. The molecule has 0 aliphatic carbocycles. The van der Waals surface area contributed by atoms with Crippen molar-refractivity contribution in [2.45, 2.75) is 13.3 Å². The van der Waals surface area contributed by atoms with Crippen molar-refractivity contribution < 1.29 is 23.5 Å². The van der Waals surface area contributed by atoms with Crippen molar-refractivity contribution in [3.63, 3.8) is 0 Å². The SMILES string of the molecule is CC(=O)Oc1cccc(C(=O)NCCNC(=O)Cc2ccc(F)cc2)c1. The van der Waals surface area contributed by atoms with Gasteiger partial charge in [0.15, 0.2) is 0 Å². The first-order valence-electron chi connectivity index (χ1n) is 8.02. The Morgan fingerprint density at radius 3 is 2.38 bits per heavy atom. The summed E-state index contributed by atoms with van der Waals surface area (Å²) >= 11 is 0. The fourth-order valence-electron chi connectivity index (χ4n) is 2.20. The average Bonchev–Trinajstić information content (AvgIpc) is 2.60. The van der Waals surface area contributed by atoms with Crippen LogP contribution in [-0.4, -0.2) is 30.9 Å². The fourth-order valence-corrected chi connectivity index (χ4v) is 2.20. The van der Waals surface area contributed by atoms with Crippen molar-refractivity contribution in [1.29, 1.82) is 0 Å². The number of amides is 2. The quantitative estimate of drug-likeness (QED) is 0.449. The molecule has 0 saturated carbocycles. The van der Waals surface area contributed by atoms with Gasteiger partial charge in [0, 0.05) is 25.6 Å². The van der Waals surface area contributed by atoms with Crippen LogP contribution < -0.4 is 15.4 Å². The molecular formula is C19H19FN2O4. The first-order chi connectivity index (χ1) is 12.4. The van der Waals surface area contributed by atoms with Crippen molar-refractivity contribution in [3.05, 3.63) is 65.5 Å². The maximum Gasteiger partial charge on any atom is 0.308 e. The fraction of sp³-hybridized carbons (Fsp3) is 0.211. The van der Waals surface area contributed by atoms with Gasteiger partial charge in [0.2, 0.25) is 5.91 Å². The second kappa shape index (κ2) is 9.31. The Hall–Kier alpha value is -3.22. The lowest BCUT2D eigenvalue weighted by Crippen LogP contribution is -2.35. The highest BCUT2D eigenvalue weighted by atomic mass is 19.1. The summed E-state index contributed by atoms with van der Waals surface area (Å²) in [5.41, 5.74) is 1.05. The van der Waals surface area contributed by atoms with Gasteiger partial charge in [-0.1, -0.05) is 18.2 Å². The van der Waals surface area contributed by atoms with Crippen LogP contribution in [0, 0.1) is 5.82 Å². The highest BCUT2D eigenvalue weighted by molar-refractivity contribution is 5.94. The Bertz CT molecular complexity index is 790. The largest absolute Gasteiger partial charge is 0.427 e. The molecule has 6 nitrogen and oxygen atoms in total. The van der Waals surface area contributed by atoms with E-state index in [1.54, 1.807) is 30.3 Å². The van der Waals surface area contributed by atoms with Crippen LogP contribution in [0.4, 0.5) is 4.39 Å². The van der Waals surface area contributed by atoms with E-state index in [0.717, 1.165) is 0 Å². The second-order valence-electron chi connectivity index (χ2n) is 5.53. The lowest BCUT2D eigenvalue weighted by atomic mass is 10.1. The molecule has 0 unspecified atom stereocenters. The Morgan fingerprint density at radius 1 is 1.00 bits per heavy atom. The van der Waals surface area contributed by atoms with Gasteiger partial charge in [-0.25, -0.2) is 4.39 Å². The predicted octanol–water partition coefficient (Wildman–Crippen LogP) is 1.84. The monoisotopic (exact) mass is 358 g/mol. The maximum absolute atomic E-state index is 12.8. The van der Waals surface area contributed by atoms with Gasteiger partial charge in [0.05, 0.1) is 6.42 Å². The Balaban J connectivity index is 1.73. The zero-order valence-corrected chi connectivity index (χ0v) is 14.3. The molecule has 0 heterocycles. The van der Waals surface area contributed by atoms with Crippen LogP contribution in [0.1, 0.15) is 22.8 Å². The predicted molar refractivity (Wildman–Crippen MR) is 93.2 cm³/mol. The van der Waals surface area contributed by atoms with E-state index in [0.29, 0.717) is 11.1 Å². The third-order valence-electron chi connectivity index (χ3n) is 3.37. The summed E-state index contributed by atoms with van der Waals surface area (Å²) in [4.78, 5) is 34.8. The van der Waals surface area contributed by atoms with E-state index in [9.17, 15) is 18.8 Å². The number of nitrogens with one attached hydrogen (secondary N) is 2. The topological polar surface area (TPSA) is 84.5 Å². The van der Waals surface area contributed by atoms with Crippen molar-refractivity contribution in [2.24, 2.45) is 0 Å². The molecule has 2 aromatic carbocycles. The zero-order chi connectivity index (χ0) is 18.9. The van der Waals surface area contributed by atoms with Crippen LogP contribution in [0.5, 0.6) is 5.75 Å². The molecule has 0 atom stereocenters. The molecule has 136 valence electrons. The summed E-state index contributed by atoms with van der Waals surface area (Å²) in [6.07, 6.45) is 0.138. The summed E-state index contributed by atoms with van der Waals surface area (Å²) in [5.74, 6) is -1.09. The highest BCUT2D eigenvalue weighted by Crippen LogP contribution is 2.13. The average molecular weight is 358 g/mol. The Kier molecular flexibility index (Phi) is 6.84. The van der Waals surface area contributed by atoms with Crippen LogP contribution in [0.15, 0.2) is 48.5 Å². The lowest BCUT2D eigenvalue weighted by Gasteiger charge is -2.08. The molecular weight excluding hydrogens is 339 g/mol. The van der Waals surface area contributed by atoms with Crippen LogP contribution in [0.3, 0.4) is 0 Å². The molecule has 7 heteroatoms. The van der Waals surface area contributed by atoms with Gasteiger partial charge in [-0.3, -0.25) is 14.4 Å². The first kappa shape index (κ1) is 19.1. The van der Waals surface area contributed by atoms with Crippen LogP contribution in [0.25, 0.3) is 0 Å². The molecule has 0 radical (unpaired) electrons. The maximum atomic E-state index is 12.8. The molecule has 0 aromatic heterocycles. The molecule has 0 saturated heterocycles. The molecule has 0 fully saturated rings. The van der Waals surface area contributed by atoms with E-state index in [2.05, 4.69) is 10.6 Å². The highest BCUT2D eigenvalue weighted by Gasteiger charge is 2.08. The van der Waals surface area contributed by atoms with Gasteiger partial charge in [0.25, 0.3) is 5.91 Å². The van der Waals surface area contributed by atoms with Crippen molar-refractivity contribution in [3.8, 4) is 5.75 Å². The van der Waals surface area contributed by atoms with Crippen molar-refractivity contribution in [2.75, 3.05) is 13.1 Å². The third kappa shape index (κ3) is 6.35. The van der Waals surface area contributed by atoms with E-state index < -0.39 is 5.97 Å². The summed E-state index contributed by atoms with van der Waals surface area (Å²) in [6.45, 7) is 1.78. The molecule has 0 bridgehead atoms. The molecule has 2 aromatic rings. The number of benzene rings is 2. The van der Waals surface area contributed by atoms with Gasteiger partial charge in [-0.05, 0) is 35.9 Å². The van der Waals surface area contributed by atoms with Crippen LogP contribution in [-0.2, 0) is 16.0 Å². The third-order valence-corrected chi connectivity index (χ3v) is 3.37. The Morgan fingerprint density at radius 2 is 1.69 bits per heavy atom. The Labute approximate surface area is 150 Å². The molecule has 2 N–H and O–H groups in total. The number of hydrogen-bond acceptors (Lipinski definition) is 4. The minimum atomic E-state index is -0.466. The summed E-state index contributed by atoms with van der Waals surface area (Å²) in [7, 11) is 0.